The average molecular weight is 242 g/mol. The van der Waals surface area contributed by atoms with Crippen molar-refractivity contribution in [3.05, 3.63) is 33.4 Å². The zero-order valence-electron chi connectivity index (χ0n) is 8.09. The molecular weight excluding hydrogens is 238 g/mol. The summed E-state index contributed by atoms with van der Waals surface area (Å²) in [4.78, 5) is 20.2. The number of alkyl halides is 2. The van der Waals surface area contributed by atoms with E-state index in [1.807, 2.05) is 0 Å². The molecule has 0 N–H and O–H groups in total. The van der Waals surface area contributed by atoms with Crippen molar-refractivity contribution >= 4 is 12.0 Å². The summed E-state index contributed by atoms with van der Waals surface area (Å²) in [6, 6.07) is 2.95. The van der Waals surface area contributed by atoms with E-state index >= 15 is 0 Å². The van der Waals surface area contributed by atoms with Crippen LogP contribution in [0.5, 0.6) is 5.75 Å². The summed E-state index contributed by atoms with van der Waals surface area (Å²) in [6.07, 6.45) is 0.157. The zero-order valence-corrected chi connectivity index (χ0v) is 8.09. The predicted molar refractivity (Wildman–Crippen MR) is 49.8 cm³/mol. The Balaban J connectivity index is 3.43. The number of nitro benzene ring substituents is 1. The maximum Gasteiger partial charge on any atom is 0.387 e. The second-order valence-corrected chi connectivity index (χ2v) is 2.77. The molecule has 0 heterocycles. The van der Waals surface area contributed by atoms with Crippen LogP contribution >= 0.6 is 0 Å². The monoisotopic (exact) mass is 242 g/mol. The van der Waals surface area contributed by atoms with Crippen LogP contribution in [-0.4, -0.2) is 17.8 Å². The van der Waals surface area contributed by atoms with Gasteiger partial charge in [-0.1, -0.05) is 0 Å². The maximum absolute atomic E-state index is 12.0. The van der Waals surface area contributed by atoms with Gasteiger partial charge >= 0.3 is 6.61 Å². The highest BCUT2D eigenvalue weighted by molar-refractivity contribution is 5.82. The molecule has 1 aromatic rings. The van der Waals surface area contributed by atoms with Crippen LogP contribution < -0.4 is 4.74 Å². The second-order valence-electron chi connectivity index (χ2n) is 2.77. The number of aldehydes is 1. The van der Waals surface area contributed by atoms with E-state index in [-0.39, 0.29) is 11.8 Å². The number of hydrogen-bond acceptors (Lipinski definition) is 5. The zero-order chi connectivity index (χ0) is 13.0. The standard InChI is InChI=1S/C9H4F2N2O4/c10-9(11)17-8-2-6(13(15)16)1-5(4-14)7(8)3-12/h1-2,4,9H. The smallest absolute Gasteiger partial charge is 0.387 e. The van der Waals surface area contributed by atoms with Gasteiger partial charge in [-0.05, 0) is 0 Å². The minimum absolute atomic E-state index is 0.157. The van der Waals surface area contributed by atoms with Gasteiger partial charge in [0, 0.05) is 11.6 Å². The number of nitriles is 1. The third kappa shape index (κ3) is 2.72. The fourth-order valence-electron chi connectivity index (χ4n) is 1.13. The van der Waals surface area contributed by atoms with Crippen LogP contribution in [-0.2, 0) is 0 Å². The molecule has 6 nitrogen and oxygen atoms in total. The molecule has 1 rings (SSSR count). The molecule has 8 heteroatoms. The first kappa shape index (κ1) is 12.5. The van der Waals surface area contributed by atoms with Crippen LogP contribution in [0, 0.1) is 21.4 Å². The average Bonchev–Trinajstić information content (AvgIpc) is 2.26. The Hall–Kier alpha value is -2.56. The van der Waals surface area contributed by atoms with Crippen LogP contribution in [0.4, 0.5) is 14.5 Å². The molecule has 0 aliphatic rings. The fourth-order valence-corrected chi connectivity index (χ4v) is 1.13. The van der Waals surface area contributed by atoms with Crippen molar-refractivity contribution in [1.82, 2.24) is 0 Å². The Morgan fingerprint density at radius 2 is 2.18 bits per heavy atom. The van der Waals surface area contributed by atoms with Gasteiger partial charge in [-0.3, -0.25) is 14.9 Å². The molecule has 0 aromatic heterocycles. The van der Waals surface area contributed by atoms with Crippen molar-refractivity contribution < 1.29 is 23.2 Å². The van der Waals surface area contributed by atoms with Crippen LogP contribution in [0.1, 0.15) is 15.9 Å². The normalized spacial score (nSPS) is 9.76. The number of nitrogens with zero attached hydrogens (tertiary/aromatic N) is 2. The van der Waals surface area contributed by atoms with Crippen molar-refractivity contribution in [3.8, 4) is 11.8 Å². The summed E-state index contributed by atoms with van der Waals surface area (Å²) in [5.74, 6) is -0.696. The van der Waals surface area contributed by atoms with Gasteiger partial charge in [0.05, 0.1) is 11.0 Å². The molecule has 88 valence electrons. The summed E-state index contributed by atoms with van der Waals surface area (Å²) >= 11 is 0. The van der Waals surface area contributed by atoms with Crippen LogP contribution in [0.3, 0.4) is 0 Å². The van der Waals surface area contributed by atoms with E-state index in [4.69, 9.17) is 5.26 Å². The summed E-state index contributed by atoms with van der Waals surface area (Å²) in [6.45, 7) is -3.25. The maximum atomic E-state index is 12.0. The Morgan fingerprint density at radius 1 is 1.53 bits per heavy atom. The predicted octanol–water partition coefficient (Wildman–Crippen LogP) is 1.88. The molecule has 0 fully saturated rings. The van der Waals surface area contributed by atoms with Crippen molar-refractivity contribution in [1.29, 1.82) is 5.26 Å². The summed E-state index contributed by atoms with van der Waals surface area (Å²) in [7, 11) is 0. The largest absolute Gasteiger partial charge is 0.433 e. The Bertz CT molecular complexity index is 510. The van der Waals surface area contributed by atoms with Gasteiger partial charge in [0.2, 0.25) is 0 Å². The molecule has 0 aliphatic carbocycles. The first-order valence-corrected chi connectivity index (χ1v) is 4.12. The quantitative estimate of drug-likeness (QED) is 0.456. The molecule has 0 unspecified atom stereocenters. The minimum atomic E-state index is -3.25. The van der Waals surface area contributed by atoms with E-state index in [2.05, 4.69) is 4.74 Å². The van der Waals surface area contributed by atoms with Crippen molar-refractivity contribution in [2.45, 2.75) is 6.61 Å². The van der Waals surface area contributed by atoms with E-state index in [0.29, 0.717) is 6.07 Å². The number of hydrogen-bond donors (Lipinski definition) is 0. The lowest BCUT2D eigenvalue weighted by molar-refractivity contribution is -0.385. The Kier molecular flexibility index (Phi) is 3.66. The molecule has 17 heavy (non-hydrogen) atoms. The third-order valence-corrected chi connectivity index (χ3v) is 1.78. The number of carbonyl (C=O) groups excluding carboxylic acids is 1. The number of benzene rings is 1. The number of nitro groups is 1. The summed E-state index contributed by atoms with van der Waals surface area (Å²) < 4.78 is 28.0. The van der Waals surface area contributed by atoms with E-state index < -0.39 is 28.5 Å². The highest BCUT2D eigenvalue weighted by Gasteiger charge is 2.19. The lowest BCUT2D eigenvalue weighted by Gasteiger charge is -2.07. The topological polar surface area (TPSA) is 93.2 Å². The lowest BCUT2D eigenvalue weighted by Crippen LogP contribution is -2.06. The lowest BCUT2D eigenvalue weighted by atomic mass is 10.1. The van der Waals surface area contributed by atoms with E-state index in [0.717, 1.165) is 6.07 Å². The van der Waals surface area contributed by atoms with E-state index in [1.54, 1.807) is 0 Å². The number of carbonyl (C=O) groups is 1. The summed E-state index contributed by atoms with van der Waals surface area (Å²) in [5, 5.41) is 19.1. The van der Waals surface area contributed by atoms with Crippen molar-refractivity contribution in [2.75, 3.05) is 0 Å². The van der Waals surface area contributed by atoms with E-state index in [1.165, 1.54) is 6.07 Å². The van der Waals surface area contributed by atoms with Gasteiger partial charge in [-0.25, -0.2) is 0 Å². The van der Waals surface area contributed by atoms with Gasteiger partial charge in [-0.15, -0.1) is 0 Å². The number of non-ortho nitro benzene ring substituents is 1. The van der Waals surface area contributed by atoms with Gasteiger partial charge in [0.15, 0.2) is 12.0 Å². The number of rotatable bonds is 4. The number of ether oxygens (including phenoxy) is 1. The first-order chi connectivity index (χ1) is 7.99. The van der Waals surface area contributed by atoms with Crippen molar-refractivity contribution in [3.63, 3.8) is 0 Å². The third-order valence-electron chi connectivity index (χ3n) is 1.78. The fraction of sp³-hybridized carbons (Fsp3) is 0.111. The van der Waals surface area contributed by atoms with Gasteiger partial charge < -0.3 is 4.74 Å². The summed E-state index contributed by atoms with van der Waals surface area (Å²) in [5.41, 5.74) is -1.45. The molecule has 0 bridgehead atoms. The molecule has 0 saturated carbocycles. The molecule has 0 saturated heterocycles. The highest BCUT2D eigenvalue weighted by atomic mass is 19.3. The molecular formula is C9H4F2N2O4. The van der Waals surface area contributed by atoms with Gasteiger partial charge in [0.25, 0.3) is 5.69 Å². The molecule has 0 spiro atoms. The number of halogens is 2. The van der Waals surface area contributed by atoms with Crippen LogP contribution in [0.15, 0.2) is 12.1 Å². The van der Waals surface area contributed by atoms with Crippen molar-refractivity contribution in [2.24, 2.45) is 0 Å². The van der Waals surface area contributed by atoms with Gasteiger partial charge in [0.1, 0.15) is 11.6 Å². The Labute approximate surface area is 93.2 Å². The highest BCUT2D eigenvalue weighted by Crippen LogP contribution is 2.28. The molecule has 0 aliphatic heterocycles. The van der Waals surface area contributed by atoms with Gasteiger partial charge in [-0.2, -0.15) is 14.0 Å². The minimum Gasteiger partial charge on any atom is -0.433 e. The molecule has 0 amide bonds. The SMILES string of the molecule is N#Cc1c(C=O)cc([N+](=O)[O-])cc1OC(F)F. The Morgan fingerprint density at radius 3 is 2.59 bits per heavy atom. The second kappa shape index (κ2) is 4.98. The van der Waals surface area contributed by atoms with Crippen LogP contribution in [0.2, 0.25) is 0 Å². The van der Waals surface area contributed by atoms with Crippen LogP contribution in [0.25, 0.3) is 0 Å². The first-order valence-electron chi connectivity index (χ1n) is 4.12. The molecule has 1 aromatic carbocycles. The molecule has 0 radical (unpaired) electrons. The van der Waals surface area contributed by atoms with E-state index in [9.17, 15) is 23.7 Å². The molecule has 0 atom stereocenters.